The molecule has 0 saturated heterocycles. The fourth-order valence-electron chi connectivity index (χ4n) is 4.60. The maximum Gasteiger partial charge on any atom is 0.416 e. The minimum absolute atomic E-state index is 0.0595. The molecule has 3 rings (SSSR count). The molecule has 2 aromatic carbocycles. The summed E-state index contributed by atoms with van der Waals surface area (Å²) in [6.45, 7) is 1.08. The lowest BCUT2D eigenvalue weighted by Gasteiger charge is -2.32. The lowest BCUT2D eigenvalue weighted by Crippen LogP contribution is -2.39. The summed E-state index contributed by atoms with van der Waals surface area (Å²) >= 11 is 0. The number of alkyl halides is 6. The van der Waals surface area contributed by atoms with Crippen molar-refractivity contribution in [1.29, 1.82) is 0 Å². The highest BCUT2D eigenvalue weighted by molar-refractivity contribution is 5.69. The fourth-order valence-corrected chi connectivity index (χ4v) is 4.60. The highest BCUT2D eigenvalue weighted by Crippen LogP contribution is 2.43. The quantitative estimate of drug-likeness (QED) is 0.449. The van der Waals surface area contributed by atoms with Crippen LogP contribution in [0.5, 0.6) is 0 Å². The Balaban J connectivity index is 1.94. The Morgan fingerprint density at radius 3 is 2.06 bits per heavy atom. The first-order valence-corrected chi connectivity index (χ1v) is 10.8. The third kappa shape index (κ3) is 6.52. The van der Waals surface area contributed by atoms with Crippen LogP contribution in [0.3, 0.4) is 0 Å². The molecule has 0 heterocycles. The van der Waals surface area contributed by atoms with Crippen molar-refractivity contribution in [2.24, 2.45) is 0 Å². The Kier molecular flexibility index (Phi) is 7.80. The summed E-state index contributed by atoms with van der Waals surface area (Å²) in [5.41, 5.74) is -2.52. The van der Waals surface area contributed by atoms with E-state index in [2.05, 4.69) is 0 Å². The van der Waals surface area contributed by atoms with Gasteiger partial charge in [-0.2, -0.15) is 26.3 Å². The van der Waals surface area contributed by atoms with Crippen LogP contribution < -0.4 is 0 Å². The molecule has 35 heavy (non-hydrogen) atoms. The van der Waals surface area contributed by atoms with Gasteiger partial charge in [-0.05, 0) is 68.3 Å². The van der Waals surface area contributed by atoms with Gasteiger partial charge in [0.2, 0.25) is 0 Å². The first-order valence-electron chi connectivity index (χ1n) is 10.8. The molecule has 4 nitrogen and oxygen atoms in total. The zero-order valence-electron chi connectivity index (χ0n) is 18.8. The van der Waals surface area contributed by atoms with Crippen molar-refractivity contribution < 1.29 is 45.4 Å². The second kappa shape index (κ2) is 10.1. The number of halogens is 7. The highest BCUT2D eigenvalue weighted by Gasteiger charge is 2.42. The average Bonchev–Trinajstić information content (AvgIpc) is 3.16. The number of carbonyl (C=O) groups is 1. The largest absolute Gasteiger partial charge is 0.480 e. The number of aliphatic carboxylic acids is 1. The monoisotopic (exact) mass is 507 g/mol. The topological polar surface area (TPSA) is 49.8 Å². The summed E-state index contributed by atoms with van der Waals surface area (Å²) in [4.78, 5) is 12.8. The molecule has 1 fully saturated rings. The normalized spacial score (nSPS) is 21.9. The minimum Gasteiger partial charge on any atom is -0.480 e. The summed E-state index contributed by atoms with van der Waals surface area (Å²) in [6, 6.07) is 6.46. The molecule has 0 radical (unpaired) electrons. The third-order valence-electron chi connectivity index (χ3n) is 6.23. The summed E-state index contributed by atoms with van der Waals surface area (Å²) in [5.74, 6) is -2.03. The van der Waals surface area contributed by atoms with E-state index in [9.17, 15) is 40.6 Å². The van der Waals surface area contributed by atoms with Gasteiger partial charge in [-0.15, -0.1) is 0 Å². The van der Waals surface area contributed by atoms with Gasteiger partial charge < -0.3 is 9.84 Å². The number of carboxylic acid groups (broad SMARTS) is 1. The molecule has 1 N–H and O–H groups in total. The minimum atomic E-state index is -4.98. The molecule has 192 valence electrons. The van der Waals surface area contributed by atoms with Gasteiger partial charge in [0.25, 0.3) is 0 Å². The van der Waals surface area contributed by atoms with Crippen LogP contribution in [0.2, 0.25) is 0 Å². The fraction of sp³-hybridized carbons (Fsp3) is 0.458. The van der Waals surface area contributed by atoms with Crippen LogP contribution >= 0.6 is 0 Å². The summed E-state index contributed by atoms with van der Waals surface area (Å²) < 4.78 is 99.1. The van der Waals surface area contributed by atoms with E-state index < -0.39 is 53.4 Å². The van der Waals surface area contributed by atoms with Crippen molar-refractivity contribution >= 4 is 5.97 Å². The molecular weight excluding hydrogens is 483 g/mol. The molecule has 0 aliphatic heterocycles. The Bertz CT molecular complexity index is 1000. The number of ether oxygens (including phenoxy) is 1. The van der Waals surface area contributed by atoms with Crippen LogP contribution in [0, 0.1) is 5.82 Å². The molecule has 4 atom stereocenters. The second-order valence-electron chi connectivity index (χ2n) is 8.69. The SMILES string of the molecule is C[C@@H](O[C@H]1CC[C@@H](N(C)CC(=O)O)[C@@H]1c1ccc(F)cc1)c1cc(C(F)(F)F)cc(C(F)(F)F)c1. The van der Waals surface area contributed by atoms with Gasteiger partial charge in [0.15, 0.2) is 0 Å². The number of hydrogen-bond donors (Lipinski definition) is 1. The Labute approximate surface area is 197 Å². The van der Waals surface area contributed by atoms with Crippen LogP contribution in [-0.4, -0.2) is 41.7 Å². The molecule has 11 heteroatoms. The smallest absolute Gasteiger partial charge is 0.416 e. The van der Waals surface area contributed by atoms with Gasteiger partial charge in [-0.3, -0.25) is 9.69 Å². The van der Waals surface area contributed by atoms with Crippen LogP contribution in [0.15, 0.2) is 42.5 Å². The van der Waals surface area contributed by atoms with Crippen molar-refractivity contribution in [2.45, 2.75) is 56.3 Å². The number of likely N-dealkylation sites (N-methyl/N-ethyl adjacent to an activating group) is 1. The zero-order chi connectivity index (χ0) is 26.1. The number of carboxylic acids is 1. The van der Waals surface area contributed by atoms with Crippen molar-refractivity contribution in [1.82, 2.24) is 4.90 Å². The van der Waals surface area contributed by atoms with E-state index in [1.807, 2.05) is 0 Å². The van der Waals surface area contributed by atoms with E-state index in [0.29, 0.717) is 30.5 Å². The Morgan fingerprint density at radius 2 is 1.57 bits per heavy atom. The summed E-state index contributed by atoms with van der Waals surface area (Å²) in [5, 5.41) is 9.17. The Morgan fingerprint density at radius 1 is 1.03 bits per heavy atom. The standard InChI is InChI=1S/C24H24F7NO3/c1-13(15-9-16(23(26,27)28)11-17(10-15)24(29,30)31)35-20-8-7-19(32(2)12-21(33)34)22(20)14-3-5-18(25)6-4-14/h3-6,9-11,13,19-20,22H,7-8,12H2,1-2H3,(H,33,34)/t13-,19-,20+,22+/m1/s1. The molecule has 1 aliphatic rings. The van der Waals surface area contributed by atoms with Crippen molar-refractivity contribution in [3.05, 3.63) is 70.5 Å². The van der Waals surface area contributed by atoms with Crippen LogP contribution in [0.4, 0.5) is 30.7 Å². The average molecular weight is 507 g/mol. The molecule has 0 unspecified atom stereocenters. The lowest BCUT2D eigenvalue weighted by atomic mass is 9.91. The lowest BCUT2D eigenvalue weighted by molar-refractivity contribution is -0.143. The first-order chi connectivity index (χ1) is 16.2. The van der Waals surface area contributed by atoms with Gasteiger partial charge in [0, 0.05) is 12.0 Å². The van der Waals surface area contributed by atoms with E-state index in [1.165, 1.54) is 31.2 Å². The summed E-state index contributed by atoms with van der Waals surface area (Å²) in [6.07, 6.45) is -10.9. The van der Waals surface area contributed by atoms with Crippen LogP contribution in [0.25, 0.3) is 0 Å². The molecule has 2 aromatic rings. The Hall–Kier alpha value is -2.66. The zero-order valence-corrected chi connectivity index (χ0v) is 18.8. The van der Waals surface area contributed by atoms with Crippen molar-refractivity contribution in [3.63, 3.8) is 0 Å². The van der Waals surface area contributed by atoms with Gasteiger partial charge >= 0.3 is 18.3 Å². The van der Waals surface area contributed by atoms with E-state index in [4.69, 9.17) is 4.74 Å². The van der Waals surface area contributed by atoms with Crippen molar-refractivity contribution in [3.8, 4) is 0 Å². The van der Waals surface area contributed by atoms with Gasteiger partial charge in [-0.1, -0.05) is 12.1 Å². The number of hydrogen-bond acceptors (Lipinski definition) is 3. The molecular formula is C24H24F7NO3. The molecule has 0 bridgehead atoms. The number of benzene rings is 2. The van der Waals surface area contributed by atoms with Gasteiger partial charge in [0.05, 0.1) is 29.9 Å². The molecule has 0 amide bonds. The highest BCUT2D eigenvalue weighted by atomic mass is 19.4. The maximum atomic E-state index is 13.5. The number of rotatable bonds is 7. The molecule has 1 aliphatic carbocycles. The maximum absolute atomic E-state index is 13.5. The van der Waals surface area contributed by atoms with Crippen LogP contribution in [-0.2, 0) is 21.9 Å². The molecule has 0 aromatic heterocycles. The van der Waals surface area contributed by atoms with Crippen molar-refractivity contribution in [2.75, 3.05) is 13.6 Å². The predicted molar refractivity (Wildman–Crippen MR) is 112 cm³/mol. The van der Waals surface area contributed by atoms with Gasteiger partial charge in [-0.25, -0.2) is 4.39 Å². The van der Waals surface area contributed by atoms with E-state index in [-0.39, 0.29) is 24.2 Å². The third-order valence-corrected chi connectivity index (χ3v) is 6.23. The molecule has 0 spiro atoms. The van der Waals surface area contributed by atoms with Gasteiger partial charge in [0.1, 0.15) is 5.82 Å². The van der Waals surface area contributed by atoms with E-state index in [1.54, 1.807) is 11.9 Å². The number of nitrogens with zero attached hydrogens (tertiary/aromatic N) is 1. The van der Waals surface area contributed by atoms with E-state index >= 15 is 0 Å². The summed E-state index contributed by atoms with van der Waals surface area (Å²) in [7, 11) is 1.60. The second-order valence-corrected chi connectivity index (χ2v) is 8.69. The predicted octanol–water partition coefficient (Wildman–Crippen LogP) is 6.27. The first kappa shape index (κ1) is 26.9. The molecule has 1 saturated carbocycles. The van der Waals surface area contributed by atoms with E-state index in [0.717, 1.165) is 0 Å². The van der Waals surface area contributed by atoms with Crippen LogP contribution in [0.1, 0.15) is 54.0 Å².